The highest BCUT2D eigenvalue weighted by molar-refractivity contribution is 7.18. The van der Waals surface area contributed by atoms with Crippen molar-refractivity contribution in [2.75, 3.05) is 0 Å². The van der Waals surface area contributed by atoms with E-state index in [0.717, 1.165) is 59.3 Å². The van der Waals surface area contributed by atoms with Crippen LogP contribution in [-0.2, 0) is 16.6 Å². The Labute approximate surface area is 122 Å². The first-order valence-corrected chi connectivity index (χ1v) is 8.11. The van der Waals surface area contributed by atoms with Gasteiger partial charge in [-0.2, -0.15) is 0 Å². The summed E-state index contributed by atoms with van der Waals surface area (Å²) in [4.78, 5) is 16.4. The van der Waals surface area contributed by atoms with Crippen LogP contribution in [0.4, 0.5) is 0 Å². The Bertz CT molecular complexity index is 641. The molecule has 1 fully saturated rings. The molecule has 1 aliphatic carbocycles. The Morgan fingerprint density at radius 3 is 2.75 bits per heavy atom. The van der Waals surface area contributed by atoms with Crippen molar-refractivity contribution in [1.29, 1.82) is 0 Å². The molecule has 0 aliphatic heterocycles. The van der Waals surface area contributed by atoms with E-state index < -0.39 is 11.4 Å². The fourth-order valence-corrected chi connectivity index (χ4v) is 4.15. The number of aromatic nitrogens is 1. The van der Waals surface area contributed by atoms with Gasteiger partial charge in [0.25, 0.3) is 0 Å². The van der Waals surface area contributed by atoms with E-state index in [1.807, 2.05) is 12.1 Å². The van der Waals surface area contributed by atoms with E-state index in [-0.39, 0.29) is 0 Å². The number of aliphatic carboxylic acids is 1. The number of aryl methyl sites for hydroxylation is 1. The van der Waals surface area contributed by atoms with E-state index in [4.69, 9.17) is 0 Å². The van der Waals surface area contributed by atoms with Crippen LogP contribution in [0.25, 0.3) is 10.2 Å². The van der Waals surface area contributed by atoms with Gasteiger partial charge in [-0.05, 0) is 37.0 Å². The third-order valence-corrected chi connectivity index (χ3v) is 5.57. The van der Waals surface area contributed by atoms with Gasteiger partial charge < -0.3 is 5.11 Å². The van der Waals surface area contributed by atoms with Gasteiger partial charge in [0.05, 0.1) is 20.6 Å². The highest BCUT2D eigenvalue weighted by Gasteiger charge is 2.41. The summed E-state index contributed by atoms with van der Waals surface area (Å²) in [6.45, 7) is 2.10. The molecule has 1 saturated carbocycles. The fourth-order valence-electron chi connectivity index (χ4n) is 3.20. The van der Waals surface area contributed by atoms with Crippen molar-refractivity contribution in [1.82, 2.24) is 4.98 Å². The molecule has 106 valence electrons. The minimum absolute atomic E-state index is 0.670. The fraction of sp³-hybridized carbons (Fsp3) is 0.500. The minimum Gasteiger partial charge on any atom is -0.481 e. The first-order chi connectivity index (χ1) is 9.65. The number of fused-ring (bicyclic) bond motifs is 1. The number of nitrogens with zero attached hydrogens (tertiary/aromatic N) is 1. The van der Waals surface area contributed by atoms with Gasteiger partial charge in [0.1, 0.15) is 0 Å². The van der Waals surface area contributed by atoms with Crippen LogP contribution in [-0.4, -0.2) is 16.1 Å². The summed E-state index contributed by atoms with van der Waals surface area (Å²) >= 11 is 1.68. The molecule has 2 aromatic rings. The molecule has 4 heteroatoms. The SMILES string of the molecule is CCc1nc2ccc(C3(C(=O)O)CCCCC3)cc2s1. The number of benzene rings is 1. The van der Waals surface area contributed by atoms with Crippen LogP contribution in [0.2, 0.25) is 0 Å². The number of carboxylic acid groups (broad SMARTS) is 1. The molecule has 1 heterocycles. The van der Waals surface area contributed by atoms with E-state index in [0.29, 0.717) is 0 Å². The molecule has 1 aliphatic rings. The monoisotopic (exact) mass is 289 g/mol. The van der Waals surface area contributed by atoms with Gasteiger partial charge in [-0.1, -0.05) is 32.3 Å². The zero-order valence-electron chi connectivity index (χ0n) is 11.7. The molecular weight excluding hydrogens is 270 g/mol. The molecule has 1 aromatic carbocycles. The second-order valence-corrected chi connectivity index (χ2v) is 6.71. The first kappa shape index (κ1) is 13.6. The topological polar surface area (TPSA) is 50.2 Å². The average Bonchev–Trinajstić information content (AvgIpc) is 2.89. The summed E-state index contributed by atoms with van der Waals surface area (Å²) in [6.07, 6.45) is 5.61. The number of thiazole rings is 1. The van der Waals surface area contributed by atoms with E-state index in [1.54, 1.807) is 11.3 Å². The van der Waals surface area contributed by atoms with Gasteiger partial charge in [-0.25, -0.2) is 4.98 Å². The maximum absolute atomic E-state index is 11.9. The number of hydrogen-bond acceptors (Lipinski definition) is 3. The third kappa shape index (κ3) is 2.12. The Hall–Kier alpha value is -1.42. The average molecular weight is 289 g/mol. The summed E-state index contributed by atoms with van der Waals surface area (Å²) in [5, 5.41) is 10.9. The minimum atomic E-state index is -0.678. The summed E-state index contributed by atoms with van der Waals surface area (Å²) in [5.41, 5.74) is 1.28. The predicted octanol–water partition coefficient (Wildman–Crippen LogP) is 4.15. The largest absolute Gasteiger partial charge is 0.481 e. The van der Waals surface area contributed by atoms with Gasteiger partial charge in [0, 0.05) is 0 Å². The van der Waals surface area contributed by atoms with Crippen LogP contribution >= 0.6 is 11.3 Å². The zero-order valence-corrected chi connectivity index (χ0v) is 12.5. The van der Waals surface area contributed by atoms with Crippen molar-refractivity contribution in [2.24, 2.45) is 0 Å². The molecule has 3 nitrogen and oxygen atoms in total. The highest BCUT2D eigenvalue weighted by Crippen LogP contribution is 2.41. The maximum Gasteiger partial charge on any atom is 0.314 e. The van der Waals surface area contributed by atoms with E-state index >= 15 is 0 Å². The molecule has 3 rings (SSSR count). The lowest BCUT2D eigenvalue weighted by molar-refractivity contribution is -0.145. The van der Waals surface area contributed by atoms with Gasteiger partial charge in [0.15, 0.2) is 0 Å². The van der Waals surface area contributed by atoms with Crippen molar-refractivity contribution < 1.29 is 9.90 Å². The molecular formula is C16H19NO2S. The number of carboxylic acids is 1. The highest BCUT2D eigenvalue weighted by atomic mass is 32.1. The van der Waals surface area contributed by atoms with Crippen LogP contribution in [0.5, 0.6) is 0 Å². The number of hydrogen-bond donors (Lipinski definition) is 1. The molecule has 0 bridgehead atoms. The molecule has 0 atom stereocenters. The molecule has 0 saturated heterocycles. The van der Waals surface area contributed by atoms with Crippen molar-refractivity contribution in [3.63, 3.8) is 0 Å². The summed E-state index contributed by atoms with van der Waals surface area (Å²) < 4.78 is 1.12. The second kappa shape index (κ2) is 5.17. The molecule has 20 heavy (non-hydrogen) atoms. The summed E-state index contributed by atoms with van der Waals surface area (Å²) in [6, 6.07) is 6.02. The van der Waals surface area contributed by atoms with E-state index in [1.165, 1.54) is 0 Å². The Kier molecular flexibility index (Phi) is 3.50. The number of carbonyl (C=O) groups is 1. The van der Waals surface area contributed by atoms with Crippen LogP contribution < -0.4 is 0 Å². The van der Waals surface area contributed by atoms with Gasteiger partial charge in [-0.15, -0.1) is 11.3 Å². The second-order valence-electron chi connectivity index (χ2n) is 5.59. The van der Waals surface area contributed by atoms with Crippen LogP contribution in [0.1, 0.15) is 49.6 Å². The summed E-state index contributed by atoms with van der Waals surface area (Å²) in [5.74, 6) is -0.670. The van der Waals surface area contributed by atoms with Crippen LogP contribution in [0.3, 0.4) is 0 Å². The normalized spacial score (nSPS) is 18.2. The van der Waals surface area contributed by atoms with Crippen molar-refractivity contribution in [2.45, 2.75) is 50.9 Å². The van der Waals surface area contributed by atoms with Crippen molar-refractivity contribution in [3.8, 4) is 0 Å². The molecule has 1 N–H and O–H groups in total. The Balaban J connectivity index is 2.08. The van der Waals surface area contributed by atoms with Crippen molar-refractivity contribution >= 4 is 27.5 Å². The van der Waals surface area contributed by atoms with Gasteiger partial charge in [0.2, 0.25) is 0 Å². The van der Waals surface area contributed by atoms with Gasteiger partial charge in [-0.3, -0.25) is 4.79 Å². The van der Waals surface area contributed by atoms with E-state index in [9.17, 15) is 9.90 Å². The van der Waals surface area contributed by atoms with Crippen LogP contribution in [0, 0.1) is 0 Å². The Morgan fingerprint density at radius 1 is 1.35 bits per heavy atom. The molecule has 0 spiro atoms. The number of rotatable bonds is 3. The van der Waals surface area contributed by atoms with Crippen LogP contribution in [0.15, 0.2) is 18.2 Å². The third-order valence-electron chi connectivity index (χ3n) is 4.40. The lowest BCUT2D eigenvalue weighted by Crippen LogP contribution is -2.37. The van der Waals surface area contributed by atoms with Gasteiger partial charge >= 0.3 is 5.97 Å². The maximum atomic E-state index is 11.9. The quantitative estimate of drug-likeness (QED) is 0.923. The first-order valence-electron chi connectivity index (χ1n) is 7.29. The molecule has 0 unspecified atom stereocenters. The zero-order chi connectivity index (χ0) is 14.2. The lowest BCUT2D eigenvalue weighted by Gasteiger charge is -2.33. The van der Waals surface area contributed by atoms with E-state index in [2.05, 4.69) is 18.0 Å². The molecule has 1 aromatic heterocycles. The Morgan fingerprint density at radius 2 is 2.10 bits per heavy atom. The molecule has 0 radical (unpaired) electrons. The smallest absolute Gasteiger partial charge is 0.314 e. The predicted molar refractivity (Wildman–Crippen MR) is 81.4 cm³/mol. The molecule has 0 amide bonds. The van der Waals surface area contributed by atoms with Crippen molar-refractivity contribution in [3.05, 3.63) is 28.8 Å². The summed E-state index contributed by atoms with van der Waals surface area (Å²) in [7, 11) is 0. The standard InChI is InChI=1S/C16H19NO2S/c1-2-14-17-12-7-6-11(10-13(12)20-14)16(15(18)19)8-4-3-5-9-16/h6-7,10H,2-5,8-9H2,1H3,(H,18,19). The lowest BCUT2D eigenvalue weighted by atomic mass is 9.69.